The summed E-state index contributed by atoms with van der Waals surface area (Å²) in [7, 11) is 0. The van der Waals surface area contributed by atoms with E-state index in [-0.39, 0.29) is 0 Å². The molecule has 0 aliphatic heterocycles. The van der Waals surface area contributed by atoms with Gasteiger partial charge in [-0.3, -0.25) is 4.79 Å². The van der Waals surface area contributed by atoms with Gasteiger partial charge in [-0.05, 0) is 64.4 Å². The molecule has 0 atom stereocenters. The summed E-state index contributed by atoms with van der Waals surface area (Å²) in [6, 6.07) is 7.13. The first-order chi connectivity index (χ1) is 16.4. The van der Waals surface area contributed by atoms with E-state index >= 15 is 0 Å². The molecular weight excluding hydrogens is 476 g/mol. The molecule has 0 unspecified atom stereocenters. The number of rotatable bonds is 11. The van der Waals surface area contributed by atoms with Crippen LogP contribution in [0.3, 0.4) is 0 Å². The first-order valence-corrected chi connectivity index (χ1v) is 12.7. The van der Waals surface area contributed by atoms with Crippen molar-refractivity contribution in [1.82, 2.24) is 4.57 Å². The zero-order valence-electron chi connectivity index (χ0n) is 20.3. The van der Waals surface area contributed by atoms with Crippen LogP contribution in [0, 0.1) is 6.92 Å². The molecule has 1 amide bonds. The highest BCUT2D eigenvalue weighted by Gasteiger charge is 2.19. The monoisotopic (exact) mass is 506 g/mol. The Labute approximate surface area is 208 Å². The fourth-order valence-electron chi connectivity index (χ4n) is 3.57. The van der Waals surface area contributed by atoms with Crippen molar-refractivity contribution in [3.63, 3.8) is 0 Å². The van der Waals surface area contributed by atoms with Crippen LogP contribution in [0.1, 0.15) is 43.6 Å². The van der Waals surface area contributed by atoms with E-state index in [0.29, 0.717) is 72.2 Å². The standard InChI is InChI=1S/C25H31ClN2O5S/c1-6-30-13-12-28-22-16(5)18(26)10-11-21(22)34-25(28)27-24(29)17-14-19(31-7-2)23(33-9-4)20(15-17)32-8-3/h10-11,14-15H,6-9,12-13H2,1-5H3. The lowest BCUT2D eigenvalue weighted by molar-refractivity contribution is 0.0995. The molecule has 7 nitrogen and oxygen atoms in total. The summed E-state index contributed by atoms with van der Waals surface area (Å²) in [5.74, 6) is 1.00. The van der Waals surface area contributed by atoms with Crippen molar-refractivity contribution in [3.8, 4) is 17.2 Å². The molecular formula is C25H31ClN2O5S. The minimum atomic E-state index is -0.398. The van der Waals surface area contributed by atoms with Crippen molar-refractivity contribution >= 4 is 39.1 Å². The second-order valence-electron chi connectivity index (χ2n) is 7.27. The Morgan fingerprint density at radius 2 is 1.65 bits per heavy atom. The number of hydrogen-bond acceptors (Lipinski definition) is 6. The van der Waals surface area contributed by atoms with E-state index in [9.17, 15) is 4.79 Å². The van der Waals surface area contributed by atoms with Gasteiger partial charge in [-0.2, -0.15) is 4.99 Å². The largest absolute Gasteiger partial charge is 0.490 e. The third-order valence-electron chi connectivity index (χ3n) is 5.05. The third kappa shape index (κ3) is 5.74. The molecule has 184 valence electrons. The van der Waals surface area contributed by atoms with Crippen LogP contribution < -0.4 is 19.0 Å². The SMILES string of the molecule is CCOCCn1c(=NC(=O)c2cc(OCC)c(OCC)c(OCC)c2)sc2ccc(Cl)c(C)c21. The zero-order chi connectivity index (χ0) is 24.7. The van der Waals surface area contributed by atoms with Gasteiger partial charge in [0.05, 0.1) is 36.6 Å². The van der Waals surface area contributed by atoms with Crippen LogP contribution >= 0.6 is 22.9 Å². The number of carbonyl (C=O) groups is 1. The Kier molecular flexibility index (Phi) is 9.38. The fourth-order valence-corrected chi connectivity index (χ4v) is 4.84. The fraction of sp³-hybridized carbons (Fsp3) is 0.440. The zero-order valence-corrected chi connectivity index (χ0v) is 21.8. The van der Waals surface area contributed by atoms with Gasteiger partial charge in [-0.15, -0.1) is 0 Å². The van der Waals surface area contributed by atoms with Crippen molar-refractivity contribution in [3.05, 3.63) is 45.2 Å². The molecule has 0 radical (unpaired) electrons. The lowest BCUT2D eigenvalue weighted by atomic mass is 10.1. The highest BCUT2D eigenvalue weighted by atomic mass is 35.5. The number of aromatic nitrogens is 1. The Balaban J connectivity index is 2.14. The minimum Gasteiger partial charge on any atom is -0.490 e. The van der Waals surface area contributed by atoms with Gasteiger partial charge >= 0.3 is 0 Å². The van der Waals surface area contributed by atoms with Gasteiger partial charge in [-0.1, -0.05) is 22.9 Å². The normalized spacial score (nSPS) is 11.8. The topological polar surface area (TPSA) is 71.3 Å². The van der Waals surface area contributed by atoms with Crippen LogP contribution in [0.2, 0.25) is 5.02 Å². The first kappa shape index (κ1) is 26.1. The summed E-state index contributed by atoms with van der Waals surface area (Å²) in [6.45, 7) is 12.5. The van der Waals surface area contributed by atoms with Crippen LogP contribution in [0.25, 0.3) is 10.2 Å². The lowest BCUT2D eigenvalue weighted by Gasteiger charge is -2.16. The number of amides is 1. The predicted octanol–water partition coefficient (Wildman–Crippen LogP) is 5.64. The average Bonchev–Trinajstić information content (AvgIpc) is 3.16. The van der Waals surface area contributed by atoms with Crippen LogP contribution in [-0.2, 0) is 11.3 Å². The highest BCUT2D eigenvalue weighted by molar-refractivity contribution is 7.16. The van der Waals surface area contributed by atoms with Gasteiger partial charge < -0.3 is 23.5 Å². The summed E-state index contributed by atoms with van der Waals surface area (Å²) in [5.41, 5.74) is 2.26. The van der Waals surface area contributed by atoms with E-state index in [0.717, 1.165) is 15.8 Å². The number of carbonyl (C=O) groups excluding carboxylic acids is 1. The number of ether oxygens (including phenoxy) is 4. The van der Waals surface area contributed by atoms with Crippen molar-refractivity contribution in [2.24, 2.45) is 4.99 Å². The van der Waals surface area contributed by atoms with E-state index < -0.39 is 5.91 Å². The molecule has 0 saturated carbocycles. The maximum absolute atomic E-state index is 13.3. The molecule has 0 saturated heterocycles. The quantitative estimate of drug-likeness (QED) is 0.315. The van der Waals surface area contributed by atoms with Crippen molar-refractivity contribution in [2.45, 2.75) is 41.2 Å². The predicted molar refractivity (Wildman–Crippen MR) is 136 cm³/mol. The van der Waals surface area contributed by atoms with Crippen molar-refractivity contribution in [1.29, 1.82) is 0 Å². The molecule has 1 aromatic heterocycles. The number of thiazole rings is 1. The number of hydrogen-bond donors (Lipinski definition) is 0. The van der Waals surface area contributed by atoms with Crippen LogP contribution in [0.5, 0.6) is 17.2 Å². The molecule has 34 heavy (non-hydrogen) atoms. The van der Waals surface area contributed by atoms with Crippen molar-refractivity contribution in [2.75, 3.05) is 33.0 Å². The second kappa shape index (κ2) is 12.2. The first-order valence-electron chi connectivity index (χ1n) is 11.5. The van der Waals surface area contributed by atoms with Crippen LogP contribution in [0.15, 0.2) is 29.3 Å². The summed E-state index contributed by atoms with van der Waals surface area (Å²) >= 11 is 7.83. The Hall–Kier alpha value is -2.55. The molecule has 0 aliphatic carbocycles. The Morgan fingerprint density at radius 3 is 2.24 bits per heavy atom. The lowest BCUT2D eigenvalue weighted by Crippen LogP contribution is -2.20. The molecule has 0 fully saturated rings. The molecule has 0 spiro atoms. The maximum Gasteiger partial charge on any atom is 0.279 e. The highest BCUT2D eigenvalue weighted by Crippen LogP contribution is 2.39. The molecule has 9 heteroatoms. The van der Waals surface area contributed by atoms with E-state index in [2.05, 4.69) is 4.99 Å². The summed E-state index contributed by atoms with van der Waals surface area (Å²) in [4.78, 5) is 18.4. The van der Waals surface area contributed by atoms with Gasteiger partial charge in [0.15, 0.2) is 16.3 Å². The van der Waals surface area contributed by atoms with E-state index in [1.54, 1.807) is 12.1 Å². The van der Waals surface area contributed by atoms with Gasteiger partial charge in [0, 0.05) is 23.7 Å². The Morgan fingerprint density at radius 1 is 1.00 bits per heavy atom. The molecule has 1 heterocycles. The smallest absolute Gasteiger partial charge is 0.279 e. The van der Waals surface area contributed by atoms with Gasteiger partial charge in [-0.25, -0.2) is 0 Å². The van der Waals surface area contributed by atoms with Crippen LogP contribution in [-0.4, -0.2) is 43.5 Å². The molecule has 0 aliphatic rings. The summed E-state index contributed by atoms with van der Waals surface area (Å²) in [6.07, 6.45) is 0. The second-order valence-corrected chi connectivity index (χ2v) is 8.69. The molecule has 3 rings (SSSR count). The number of fused-ring (bicyclic) bond motifs is 1. The molecule has 0 N–H and O–H groups in total. The average molecular weight is 507 g/mol. The maximum atomic E-state index is 13.3. The third-order valence-corrected chi connectivity index (χ3v) is 6.50. The van der Waals surface area contributed by atoms with E-state index in [4.69, 9.17) is 30.5 Å². The Bertz CT molecular complexity index is 1190. The van der Waals surface area contributed by atoms with Crippen LogP contribution in [0.4, 0.5) is 0 Å². The van der Waals surface area contributed by atoms with E-state index in [1.165, 1.54) is 11.3 Å². The number of aryl methyl sites for hydroxylation is 1. The number of halogens is 1. The summed E-state index contributed by atoms with van der Waals surface area (Å²) < 4.78 is 25.8. The molecule has 0 bridgehead atoms. The van der Waals surface area contributed by atoms with E-state index in [1.807, 2.05) is 51.3 Å². The van der Waals surface area contributed by atoms with Gasteiger partial charge in [0.2, 0.25) is 5.75 Å². The molecule has 3 aromatic rings. The number of nitrogens with zero attached hydrogens (tertiary/aromatic N) is 2. The van der Waals surface area contributed by atoms with Crippen molar-refractivity contribution < 1.29 is 23.7 Å². The molecule has 2 aromatic carbocycles. The van der Waals surface area contributed by atoms with Gasteiger partial charge in [0.1, 0.15) is 0 Å². The number of benzene rings is 2. The van der Waals surface area contributed by atoms with Gasteiger partial charge in [0.25, 0.3) is 5.91 Å². The minimum absolute atomic E-state index is 0.360. The summed E-state index contributed by atoms with van der Waals surface area (Å²) in [5, 5.41) is 0.669.